The van der Waals surface area contributed by atoms with Crippen molar-refractivity contribution in [3.05, 3.63) is 30.3 Å². The average Bonchev–Trinajstić information content (AvgIpc) is 2.56. The van der Waals surface area contributed by atoms with E-state index in [-0.39, 0.29) is 11.9 Å². The maximum atomic E-state index is 12.4. The molecule has 1 unspecified atom stereocenters. The van der Waals surface area contributed by atoms with Crippen LogP contribution < -0.4 is 10.2 Å². The Hall–Kier alpha value is -1.59. The van der Waals surface area contributed by atoms with Gasteiger partial charge in [-0.15, -0.1) is 0 Å². The summed E-state index contributed by atoms with van der Waals surface area (Å²) >= 11 is 0. The summed E-state index contributed by atoms with van der Waals surface area (Å²) in [6.07, 6.45) is 0.549. The first-order chi connectivity index (χ1) is 10.7. The Morgan fingerprint density at radius 3 is 2.59 bits per heavy atom. The Morgan fingerprint density at radius 2 is 1.86 bits per heavy atom. The van der Waals surface area contributed by atoms with Gasteiger partial charge in [-0.3, -0.25) is 4.79 Å². The molecule has 1 radical (unpaired) electrons. The number of hydrogen-bond acceptors (Lipinski definition) is 3. The summed E-state index contributed by atoms with van der Waals surface area (Å²) in [6.45, 7) is 6.27. The van der Waals surface area contributed by atoms with Gasteiger partial charge in [0, 0.05) is 57.9 Å². The molecule has 1 atom stereocenters. The third kappa shape index (κ3) is 3.78. The number of carbonyl (C=O) groups excluding carboxylic acids is 1. The van der Waals surface area contributed by atoms with E-state index in [9.17, 15) is 4.79 Å². The molecular weight excluding hydrogens is 276 g/mol. The van der Waals surface area contributed by atoms with Crippen molar-refractivity contribution in [2.45, 2.75) is 12.5 Å². The zero-order valence-electron chi connectivity index (χ0n) is 13.3. The molecule has 3 rings (SSSR count). The number of nitrogens with zero attached hydrogens (tertiary/aromatic N) is 4. The number of amides is 1. The van der Waals surface area contributed by atoms with E-state index in [2.05, 4.69) is 46.4 Å². The van der Waals surface area contributed by atoms with Crippen LogP contribution in [0, 0.1) is 0 Å². The summed E-state index contributed by atoms with van der Waals surface area (Å²) in [5.74, 6) is 0.261. The molecule has 0 aliphatic carbocycles. The van der Waals surface area contributed by atoms with Gasteiger partial charge in [0.2, 0.25) is 5.91 Å². The van der Waals surface area contributed by atoms with Crippen LogP contribution in [0.25, 0.3) is 0 Å². The maximum absolute atomic E-state index is 12.4. The third-order valence-corrected chi connectivity index (χ3v) is 4.58. The highest BCUT2D eigenvalue weighted by atomic mass is 16.2. The molecule has 5 heteroatoms. The Bertz CT molecular complexity index is 485. The summed E-state index contributed by atoms with van der Waals surface area (Å²) in [5.41, 5.74) is 1.23. The summed E-state index contributed by atoms with van der Waals surface area (Å²) in [5, 5.41) is 4.66. The van der Waals surface area contributed by atoms with Crippen molar-refractivity contribution >= 4 is 11.6 Å². The van der Waals surface area contributed by atoms with Crippen LogP contribution in [0.1, 0.15) is 6.42 Å². The van der Waals surface area contributed by atoms with E-state index in [1.165, 1.54) is 5.69 Å². The Balaban J connectivity index is 1.53. The van der Waals surface area contributed by atoms with E-state index in [4.69, 9.17) is 0 Å². The van der Waals surface area contributed by atoms with Gasteiger partial charge in [-0.2, -0.15) is 0 Å². The van der Waals surface area contributed by atoms with Crippen molar-refractivity contribution in [3.8, 4) is 0 Å². The van der Waals surface area contributed by atoms with Crippen LogP contribution in [-0.4, -0.2) is 74.6 Å². The zero-order chi connectivity index (χ0) is 15.4. The second kappa shape index (κ2) is 7.11. The molecule has 2 heterocycles. The minimum Gasteiger partial charge on any atom is -0.369 e. The van der Waals surface area contributed by atoms with Crippen molar-refractivity contribution in [2.24, 2.45) is 0 Å². The summed E-state index contributed by atoms with van der Waals surface area (Å²) < 4.78 is 0. The molecule has 0 spiro atoms. The van der Waals surface area contributed by atoms with Gasteiger partial charge in [0.25, 0.3) is 0 Å². The van der Waals surface area contributed by atoms with Crippen LogP contribution in [0.4, 0.5) is 5.69 Å². The molecule has 5 nitrogen and oxygen atoms in total. The highest BCUT2D eigenvalue weighted by Gasteiger charge is 2.26. The van der Waals surface area contributed by atoms with Gasteiger partial charge in [-0.25, -0.2) is 5.32 Å². The zero-order valence-corrected chi connectivity index (χ0v) is 13.3. The van der Waals surface area contributed by atoms with Crippen molar-refractivity contribution in [3.63, 3.8) is 0 Å². The second-order valence-electron chi connectivity index (χ2n) is 6.23. The van der Waals surface area contributed by atoms with Crippen molar-refractivity contribution < 1.29 is 4.79 Å². The summed E-state index contributed by atoms with van der Waals surface area (Å²) in [4.78, 5) is 19.1. The lowest BCUT2D eigenvalue weighted by atomic mass is 10.1. The fourth-order valence-corrected chi connectivity index (χ4v) is 3.15. The molecule has 22 heavy (non-hydrogen) atoms. The lowest BCUT2D eigenvalue weighted by Crippen LogP contribution is -2.51. The van der Waals surface area contributed by atoms with Crippen LogP contribution in [-0.2, 0) is 4.79 Å². The van der Waals surface area contributed by atoms with Gasteiger partial charge >= 0.3 is 0 Å². The standard InChI is InChI=1S/C17H25N4O/c1-19-9-11-20(12-10-19)17(22)13-15-14-21(8-7-18-15)16-5-3-2-4-6-16/h2-6,15H,7-14H2,1H3. The largest absolute Gasteiger partial charge is 0.369 e. The van der Waals surface area contributed by atoms with Crippen LogP contribution in [0.5, 0.6) is 0 Å². The van der Waals surface area contributed by atoms with E-state index < -0.39 is 0 Å². The van der Waals surface area contributed by atoms with Gasteiger partial charge in [-0.1, -0.05) is 18.2 Å². The molecule has 2 aliphatic rings. The van der Waals surface area contributed by atoms with Gasteiger partial charge in [0.05, 0.1) is 6.04 Å². The van der Waals surface area contributed by atoms with Crippen molar-refractivity contribution in [1.82, 2.24) is 15.1 Å². The molecule has 1 aromatic carbocycles. The molecule has 0 saturated carbocycles. The molecule has 1 amide bonds. The number of anilines is 1. The van der Waals surface area contributed by atoms with Crippen LogP contribution >= 0.6 is 0 Å². The fraction of sp³-hybridized carbons (Fsp3) is 0.588. The third-order valence-electron chi connectivity index (χ3n) is 4.58. The van der Waals surface area contributed by atoms with Crippen LogP contribution in [0.3, 0.4) is 0 Å². The predicted molar refractivity (Wildman–Crippen MR) is 88.1 cm³/mol. The van der Waals surface area contributed by atoms with E-state index >= 15 is 0 Å². The molecule has 0 bridgehead atoms. The van der Waals surface area contributed by atoms with Gasteiger partial charge in [0.1, 0.15) is 0 Å². The van der Waals surface area contributed by atoms with Crippen molar-refractivity contribution in [1.29, 1.82) is 0 Å². The Labute approximate surface area is 132 Å². The monoisotopic (exact) mass is 301 g/mol. The quantitative estimate of drug-likeness (QED) is 0.823. The second-order valence-corrected chi connectivity index (χ2v) is 6.23. The predicted octanol–water partition coefficient (Wildman–Crippen LogP) is 0.644. The highest BCUT2D eigenvalue weighted by molar-refractivity contribution is 5.77. The first kappa shape index (κ1) is 15.3. The molecule has 0 aromatic heterocycles. The Kier molecular flexibility index (Phi) is 4.95. The molecule has 1 aromatic rings. The molecular formula is C17H25N4O. The molecule has 2 saturated heterocycles. The first-order valence-electron chi connectivity index (χ1n) is 8.15. The normalized spacial score (nSPS) is 23.6. The minimum atomic E-state index is 0.126. The van der Waals surface area contributed by atoms with Crippen molar-refractivity contribution in [2.75, 3.05) is 57.8 Å². The van der Waals surface area contributed by atoms with Crippen LogP contribution in [0.15, 0.2) is 30.3 Å². The van der Waals surface area contributed by atoms with E-state index in [1.807, 2.05) is 11.0 Å². The maximum Gasteiger partial charge on any atom is 0.224 e. The highest BCUT2D eigenvalue weighted by Crippen LogP contribution is 2.17. The van der Waals surface area contributed by atoms with E-state index in [0.29, 0.717) is 6.42 Å². The number of para-hydroxylation sites is 1. The van der Waals surface area contributed by atoms with Gasteiger partial charge in [0.15, 0.2) is 0 Å². The van der Waals surface area contributed by atoms with Crippen LogP contribution in [0.2, 0.25) is 0 Å². The fourth-order valence-electron chi connectivity index (χ4n) is 3.15. The van der Waals surface area contributed by atoms with E-state index in [0.717, 1.165) is 45.8 Å². The topological polar surface area (TPSA) is 40.9 Å². The molecule has 0 N–H and O–H groups in total. The molecule has 119 valence electrons. The van der Waals surface area contributed by atoms with Gasteiger partial charge in [-0.05, 0) is 19.2 Å². The summed E-state index contributed by atoms with van der Waals surface area (Å²) in [6, 6.07) is 10.5. The first-order valence-corrected chi connectivity index (χ1v) is 8.15. The van der Waals surface area contributed by atoms with E-state index in [1.54, 1.807) is 0 Å². The smallest absolute Gasteiger partial charge is 0.224 e. The minimum absolute atomic E-state index is 0.126. The number of benzene rings is 1. The number of piperazine rings is 2. The van der Waals surface area contributed by atoms with Gasteiger partial charge < -0.3 is 14.7 Å². The lowest BCUT2D eigenvalue weighted by Gasteiger charge is -2.36. The lowest BCUT2D eigenvalue weighted by molar-refractivity contribution is -0.133. The molecule has 2 aliphatic heterocycles. The molecule has 2 fully saturated rings. The summed E-state index contributed by atoms with van der Waals surface area (Å²) in [7, 11) is 2.11. The number of rotatable bonds is 3. The Morgan fingerprint density at radius 1 is 1.14 bits per heavy atom. The number of likely N-dealkylation sites (N-methyl/N-ethyl adjacent to an activating group) is 1. The SMILES string of the molecule is CN1CCN(C(=O)CC2CN(c3ccccc3)CC[N]2)CC1. The number of hydrogen-bond donors (Lipinski definition) is 0. The number of carbonyl (C=O) groups is 1. The average molecular weight is 301 g/mol.